The van der Waals surface area contributed by atoms with Gasteiger partial charge in [-0.3, -0.25) is 0 Å². The fraction of sp³-hybridized carbons (Fsp3) is 0.467. The zero-order valence-corrected chi connectivity index (χ0v) is 13.1. The van der Waals surface area contributed by atoms with Gasteiger partial charge in [0.25, 0.3) is 0 Å². The zero-order valence-electron chi connectivity index (χ0n) is 12.3. The van der Waals surface area contributed by atoms with Crippen LogP contribution in [-0.4, -0.2) is 15.0 Å². The second-order valence-corrected chi connectivity index (χ2v) is 6.18. The van der Waals surface area contributed by atoms with Crippen molar-refractivity contribution in [3.8, 4) is 11.8 Å². The van der Waals surface area contributed by atoms with Gasteiger partial charge in [-0.15, -0.1) is 11.8 Å². The van der Waals surface area contributed by atoms with E-state index in [4.69, 9.17) is 5.73 Å². The number of hydrogen-bond acceptors (Lipinski definition) is 3. The molecule has 0 saturated carbocycles. The third kappa shape index (κ3) is 3.99. The Kier molecular flexibility index (Phi) is 6.05. The summed E-state index contributed by atoms with van der Waals surface area (Å²) in [6, 6.07) is 3.56. The van der Waals surface area contributed by atoms with Crippen molar-refractivity contribution in [2.45, 2.75) is 44.9 Å². The van der Waals surface area contributed by atoms with E-state index in [-0.39, 0.29) is 0 Å². The molecule has 0 fully saturated rings. The Morgan fingerprint density at radius 2 is 1.95 bits per heavy atom. The second kappa shape index (κ2) is 7.32. The minimum absolute atomic E-state index is 0.293. The van der Waals surface area contributed by atoms with Crippen LogP contribution in [-0.2, 0) is 22.9 Å². The van der Waals surface area contributed by atoms with Crippen molar-refractivity contribution in [2.75, 3.05) is 12.3 Å². The summed E-state index contributed by atoms with van der Waals surface area (Å²) in [5.41, 5.74) is 8.11. The first-order valence-electron chi connectivity index (χ1n) is 6.76. The molecular weight excluding hydrogens is 272 g/mol. The van der Waals surface area contributed by atoms with Crippen LogP contribution >= 0.6 is 0 Å². The Hall–Kier alpha value is -1.51. The molecule has 0 aromatic heterocycles. The zero-order chi connectivity index (χ0) is 15.2. The Labute approximate surface area is 121 Å². The summed E-state index contributed by atoms with van der Waals surface area (Å²) < 4.78 is 27.3. The SMILES string of the molecule is CC#CCCNS(=O)(=O)c1cc(CC)cc(N)c1CC. The van der Waals surface area contributed by atoms with E-state index in [1.807, 2.05) is 19.9 Å². The van der Waals surface area contributed by atoms with Gasteiger partial charge in [0.2, 0.25) is 10.0 Å². The highest BCUT2D eigenvalue weighted by Crippen LogP contribution is 2.25. The van der Waals surface area contributed by atoms with Gasteiger partial charge in [0, 0.05) is 18.7 Å². The van der Waals surface area contributed by atoms with Gasteiger partial charge >= 0.3 is 0 Å². The molecule has 3 N–H and O–H groups in total. The number of nitrogens with two attached hydrogens (primary N) is 1. The van der Waals surface area contributed by atoms with Gasteiger partial charge in [0.1, 0.15) is 0 Å². The van der Waals surface area contributed by atoms with Crippen LogP contribution in [0.5, 0.6) is 0 Å². The third-order valence-electron chi connectivity index (χ3n) is 3.07. The fourth-order valence-corrected chi connectivity index (χ4v) is 3.42. The first-order chi connectivity index (χ1) is 9.46. The minimum Gasteiger partial charge on any atom is -0.398 e. The van der Waals surface area contributed by atoms with E-state index in [0.29, 0.717) is 35.5 Å². The molecule has 0 aliphatic carbocycles. The average Bonchev–Trinajstić information content (AvgIpc) is 2.42. The molecule has 0 radical (unpaired) electrons. The molecular formula is C15H22N2O2S. The maximum atomic E-state index is 12.4. The molecule has 0 bridgehead atoms. The van der Waals surface area contributed by atoms with Crippen molar-refractivity contribution in [1.29, 1.82) is 0 Å². The molecule has 0 heterocycles. The lowest BCUT2D eigenvalue weighted by Crippen LogP contribution is -2.26. The molecule has 1 aromatic carbocycles. The van der Waals surface area contributed by atoms with E-state index in [1.165, 1.54) is 0 Å². The summed E-state index contributed by atoms with van der Waals surface area (Å²) in [5, 5.41) is 0. The van der Waals surface area contributed by atoms with Crippen LogP contribution < -0.4 is 10.5 Å². The normalized spacial score (nSPS) is 10.9. The van der Waals surface area contributed by atoms with Gasteiger partial charge in [-0.25, -0.2) is 13.1 Å². The molecule has 5 heteroatoms. The van der Waals surface area contributed by atoms with Gasteiger partial charge < -0.3 is 5.73 Å². The molecule has 0 amide bonds. The topological polar surface area (TPSA) is 72.2 Å². The van der Waals surface area contributed by atoms with Crippen molar-refractivity contribution in [3.05, 3.63) is 23.3 Å². The van der Waals surface area contributed by atoms with E-state index < -0.39 is 10.0 Å². The van der Waals surface area contributed by atoms with E-state index in [2.05, 4.69) is 16.6 Å². The molecule has 1 aromatic rings. The maximum absolute atomic E-state index is 12.4. The predicted molar refractivity (Wildman–Crippen MR) is 82.9 cm³/mol. The Morgan fingerprint density at radius 3 is 2.50 bits per heavy atom. The monoisotopic (exact) mass is 294 g/mol. The lowest BCUT2D eigenvalue weighted by molar-refractivity contribution is 0.581. The molecule has 0 spiro atoms. The van der Waals surface area contributed by atoms with E-state index in [0.717, 1.165) is 12.0 Å². The number of sulfonamides is 1. The molecule has 110 valence electrons. The summed E-state index contributed by atoms with van der Waals surface area (Å²) in [6.07, 6.45) is 1.83. The lowest BCUT2D eigenvalue weighted by atomic mass is 10.1. The molecule has 0 aliphatic rings. The molecule has 0 saturated heterocycles. The summed E-state index contributed by atoms with van der Waals surface area (Å²) in [6.45, 7) is 5.91. The van der Waals surface area contributed by atoms with E-state index in [9.17, 15) is 8.42 Å². The Morgan fingerprint density at radius 1 is 1.25 bits per heavy atom. The Bertz CT molecular complexity index is 625. The maximum Gasteiger partial charge on any atom is 0.240 e. The molecule has 20 heavy (non-hydrogen) atoms. The van der Waals surface area contributed by atoms with Crippen LogP contribution in [0.1, 0.15) is 38.3 Å². The quantitative estimate of drug-likeness (QED) is 0.479. The van der Waals surface area contributed by atoms with E-state index in [1.54, 1.807) is 13.0 Å². The van der Waals surface area contributed by atoms with Crippen molar-refractivity contribution >= 4 is 15.7 Å². The molecule has 0 aliphatic heterocycles. The summed E-state index contributed by atoms with van der Waals surface area (Å²) >= 11 is 0. The van der Waals surface area contributed by atoms with Crippen LogP contribution in [0, 0.1) is 11.8 Å². The highest BCUT2D eigenvalue weighted by atomic mass is 32.2. The van der Waals surface area contributed by atoms with Gasteiger partial charge in [0.05, 0.1) is 4.90 Å². The number of benzene rings is 1. The van der Waals surface area contributed by atoms with Crippen LogP contribution in [0.3, 0.4) is 0 Å². The fourth-order valence-electron chi connectivity index (χ4n) is 2.00. The molecule has 0 atom stereocenters. The van der Waals surface area contributed by atoms with E-state index >= 15 is 0 Å². The Balaban J connectivity index is 3.14. The second-order valence-electron chi connectivity index (χ2n) is 4.44. The predicted octanol–water partition coefficient (Wildman–Crippen LogP) is 2.09. The molecule has 0 unspecified atom stereocenters. The van der Waals surface area contributed by atoms with Crippen molar-refractivity contribution in [2.24, 2.45) is 0 Å². The molecule has 4 nitrogen and oxygen atoms in total. The van der Waals surface area contributed by atoms with Gasteiger partial charge in [-0.2, -0.15) is 0 Å². The number of nitrogens with one attached hydrogen (secondary N) is 1. The highest BCUT2D eigenvalue weighted by Gasteiger charge is 2.19. The van der Waals surface area contributed by atoms with Crippen molar-refractivity contribution in [1.82, 2.24) is 4.72 Å². The average molecular weight is 294 g/mol. The summed E-state index contributed by atoms with van der Waals surface area (Å²) in [5.74, 6) is 5.57. The number of aryl methyl sites for hydroxylation is 1. The van der Waals surface area contributed by atoms with Crippen molar-refractivity contribution in [3.63, 3.8) is 0 Å². The molecule has 1 rings (SSSR count). The van der Waals surface area contributed by atoms with Crippen LogP contribution in [0.25, 0.3) is 0 Å². The number of hydrogen-bond donors (Lipinski definition) is 2. The van der Waals surface area contributed by atoms with Gasteiger partial charge in [-0.05, 0) is 43.0 Å². The highest BCUT2D eigenvalue weighted by molar-refractivity contribution is 7.89. The van der Waals surface area contributed by atoms with Crippen LogP contribution in [0.2, 0.25) is 0 Å². The number of nitrogen functional groups attached to an aromatic ring is 1. The van der Waals surface area contributed by atoms with Crippen LogP contribution in [0.15, 0.2) is 17.0 Å². The first kappa shape index (κ1) is 16.5. The smallest absolute Gasteiger partial charge is 0.240 e. The standard InChI is InChI=1S/C15H22N2O2S/c1-4-7-8-9-17-20(18,19)15-11-12(5-2)10-14(16)13(15)6-3/h10-11,17H,5-6,8-9,16H2,1-3H3. The van der Waals surface area contributed by atoms with Crippen LogP contribution in [0.4, 0.5) is 5.69 Å². The lowest BCUT2D eigenvalue weighted by Gasteiger charge is -2.14. The summed E-state index contributed by atoms with van der Waals surface area (Å²) in [4.78, 5) is 0.293. The minimum atomic E-state index is -3.54. The number of rotatable bonds is 6. The first-order valence-corrected chi connectivity index (χ1v) is 8.25. The summed E-state index contributed by atoms with van der Waals surface area (Å²) in [7, 11) is -3.54. The largest absolute Gasteiger partial charge is 0.398 e. The van der Waals surface area contributed by atoms with Crippen molar-refractivity contribution < 1.29 is 8.42 Å². The third-order valence-corrected chi connectivity index (χ3v) is 4.60. The van der Waals surface area contributed by atoms with Gasteiger partial charge in [0.15, 0.2) is 0 Å². The number of anilines is 1. The van der Waals surface area contributed by atoms with Gasteiger partial charge in [-0.1, -0.05) is 13.8 Å².